The largest absolute Gasteiger partial charge is 0.491 e. The van der Waals surface area contributed by atoms with Gasteiger partial charge in [-0.2, -0.15) is 0 Å². The SMILES string of the molecule is COC(=O)c1cc(OCC2CCCCO2)cc(C)c1N. The molecule has 0 aliphatic carbocycles. The molecule has 2 N–H and O–H groups in total. The first-order chi connectivity index (χ1) is 9.61. The fraction of sp³-hybridized carbons (Fsp3) is 0.533. The Bertz CT molecular complexity index is 481. The molecular weight excluding hydrogens is 258 g/mol. The molecule has 5 heteroatoms. The van der Waals surface area contributed by atoms with Crippen LogP contribution in [0.3, 0.4) is 0 Å². The Morgan fingerprint density at radius 2 is 2.25 bits per heavy atom. The molecule has 1 fully saturated rings. The Kier molecular flexibility index (Phi) is 4.84. The maximum Gasteiger partial charge on any atom is 0.340 e. The van der Waals surface area contributed by atoms with Crippen molar-refractivity contribution < 1.29 is 19.0 Å². The summed E-state index contributed by atoms with van der Waals surface area (Å²) in [5.74, 6) is 0.163. The number of rotatable bonds is 4. The summed E-state index contributed by atoms with van der Waals surface area (Å²) in [4.78, 5) is 11.7. The normalized spacial score (nSPS) is 18.6. The number of nitrogens with two attached hydrogens (primary N) is 1. The number of hydrogen-bond acceptors (Lipinski definition) is 5. The van der Waals surface area contributed by atoms with Gasteiger partial charge in [0.1, 0.15) is 12.4 Å². The second-order valence-electron chi connectivity index (χ2n) is 4.99. The lowest BCUT2D eigenvalue weighted by Crippen LogP contribution is -2.25. The zero-order valence-corrected chi connectivity index (χ0v) is 12.0. The first-order valence-corrected chi connectivity index (χ1v) is 6.84. The van der Waals surface area contributed by atoms with E-state index >= 15 is 0 Å². The monoisotopic (exact) mass is 279 g/mol. The van der Waals surface area contributed by atoms with Crippen molar-refractivity contribution in [2.24, 2.45) is 0 Å². The molecule has 1 aliphatic heterocycles. The van der Waals surface area contributed by atoms with Crippen molar-refractivity contribution in [2.75, 3.05) is 26.1 Å². The van der Waals surface area contributed by atoms with Crippen LogP contribution in [-0.4, -0.2) is 32.4 Å². The first-order valence-electron chi connectivity index (χ1n) is 6.84. The van der Waals surface area contributed by atoms with E-state index in [9.17, 15) is 4.79 Å². The first kappa shape index (κ1) is 14.7. The molecule has 1 unspecified atom stereocenters. The molecule has 5 nitrogen and oxygen atoms in total. The van der Waals surface area contributed by atoms with Crippen LogP contribution < -0.4 is 10.5 Å². The molecule has 0 aromatic heterocycles. The van der Waals surface area contributed by atoms with Crippen LogP contribution >= 0.6 is 0 Å². The Hall–Kier alpha value is -1.75. The predicted octanol–water partition coefficient (Wildman–Crippen LogP) is 2.31. The van der Waals surface area contributed by atoms with Gasteiger partial charge in [-0.15, -0.1) is 0 Å². The highest BCUT2D eigenvalue weighted by Gasteiger charge is 2.17. The molecule has 2 rings (SSSR count). The van der Waals surface area contributed by atoms with Gasteiger partial charge in [-0.1, -0.05) is 0 Å². The van der Waals surface area contributed by atoms with Crippen LogP contribution in [0.1, 0.15) is 35.2 Å². The zero-order valence-electron chi connectivity index (χ0n) is 12.0. The number of benzene rings is 1. The van der Waals surface area contributed by atoms with Crippen LogP contribution in [0, 0.1) is 6.92 Å². The highest BCUT2D eigenvalue weighted by Crippen LogP contribution is 2.25. The fourth-order valence-corrected chi connectivity index (χ4v) is 2.26. The van der Waals surface area contributed by atoms with E-state index in [-0.39, 0.29) is 6.10 Å². The summed E-state index contributed by atoms with van der Waals surface area (Å²) in [6.45, 7) is 3.12. The van der Waals surface area contributed by atoms with Gasteiger partial charge >= 0.3 is 5.97 Å². The van der Waals surface area contributed by atoms with Gasteiger partial charge in [0.25, 0.3) is 0 Å². The maximum atomic E-state index is 11.7. The van der Waals surface area contributed by atoms with Crippen molar-refractivity contribution in [1.29, 1.82) is 0 Å². The minimum Gasteiger partial charge on any atom is -0.491 e. The van der Waals surface area contributed by atoms with Crippen LogP contribution in [0.15, 0.2) is 12.1 Å². The van der Waals surface area contributed by atoms with Crippen LogP contribution in [0.25, 0.3) is 0 Å². The van der Waals surface area contributed by atoms with E-state index in [4.69, 9.17) is 19.9 Å². The van der Waals surface area contributed by atoms with Gasteiger partial charge < -0.3 is 19.9 Å². The van der Waals surface area contributed by atoms with Crippen molar-refractivity contribution in [2.45, 2.75) is 32.3 Å². The number of carbonyl (C=O) groups excluding carboxylic acids is 1. The van der Waals surface area contributed by atoms with E-state index in [1.807, 2.05) is 13.0 Å². The number of carbonyl (C=O) groups is 1. The lowest BCUT2D eigenvalue weighted by Gasteiger charge is -2.23. The zero-order chi connectivity index (χ0) is 14.5. The Labute approximate surface area is 119 Å². The molecule has 1 aliphatic rings. The minimum atomic E-state index is -0.454. The third-order valence-electron chi connectivity index (χ3n) is 3.48. The number of esters is 1. The summed E-state index contributed by atoms with van der Waals surface area (Å²) >= 11 is 0. The standard InChI is InChI=1S/C15H21NO4/c1-10-7-12(8-13(14(10)16)15(17)18-2)20-9-11-5-3-4-6-19-11/h7-8,11H,3-6,9,16H2,1-2H3. The third kappa shape index (κ3) is 3.42. The van der Waals surface area contributed by atoms with Crippen molar-refractivity contribution >= 4 is 11.7 Å². The van der Waals surface area contributed by atoms with E-state index in [0.29, 0.717) is 23.6 Å². The molecule has 0 saturated carbocycles. The molecule has 110 valence electrons. The lowest BCUT2D eigenvalue weighted by molar-refractivity contribution is -0.0110. The van der Waals surface area contributed by atoms with Crippen molar-refractivity contribution in [3.05, 3.63) is 23.3 Å². The molecule has 1 aromatic carbocycles. The molecule has 1 saturated heterocycles. The second-order valence-corrected chi connectivity index (χ2v) is 4.99. The van der Waals surface area contributed by atoms with Gasteiger partial charge in [-0.25, -0.2) is 4.79 Å². The molecule has 1 heterocycles. The molecule has 0 radical (unpaired) electrons. The molecule has 1 aromatic rings. The Morgan fingerprint density at radius 3 is 2.90 bits per heavy atom. The van der Waals surface area contributed by atoms with Gasteiger partial charge in [0.2, 0.25) is 0 Å². The quantitative estimate of drug-likeness (QED) is 0.676. The highest BCUT2D eigenvalue weighted by atomic mass is 16.5. The molecule has 1 atom stereocenters. The number of ether oxygens (including phenoxy) is 3. The van der Waals surface area contributed by atoms with Crippen molar-refractivity contribution in [1.82, 2.24) is 0 Å². The average Bonchev–Trinajstić information content (AvgIpc) is 2.48. The fourth-order valence-electron chi connectivity index (χ4n) is 2.26. The summed E-state index contributed by atoms with van der Waals surface area (Å²) in [7, 11) is 1.33. The van der Waals surface area contributed by atoms with Crippen LogP contribution in [0.2, 0.25) is 0 Å². The summed E-state index contributed by atoms with van der Waals surface area (Å²) in [5, 5.41) is 0. The molecule has 0 bridgehead atoms. The smallest absolute Gasteiger partial charge is 0.340 e. The predicted molar refractivity (Wildman–Crippen MR) is 76.0 cm³/mol. The summed E-state index contributed by atoms with van der Waals surface area (Å²) in [5.41, 5.74) is 7.45. The molecule has 20 heavy (non-hydrogen) atoms. The van der Waals surface area contributed by atoms with Crippen LogP contribution in [-0.2, 0) is 9.47 Å². The van der Waals surface area contributed by atoms with Gasteiger partial charge in [-0.3, -0.25) is 0 Å². The van der Waals surface area contributed by atoms with Gasteiger partial charge in [0.15, 0.2) is 0 Å². The summed E-state index contributed by atoms with van der Waals surface area (Å²) < 4.78 is 16.1. The second kappa shape index (κ2) is 6.61. The number of hydrogen-bond donors (Lipinski definition) is 1. The van der Waals surface area contributed by atoms with Gasteiger partial charge in [0, 0.05) is 12.3 Å². The summed E-state index contributed by atoms with van der Waals surface area (Å²) in [6.07, 6.45) is 3.42. The third-order valence-corrected chi connectivity index (χ3v) is 3.48. The summed E-state index contributed by atoms with van der Waals surface area (Å²) in [6, 6.07) is 3.45. The van der Waals surface area contributed by atoms with E-state index in [2.05, 4.69) is 0 Å². The minimum absolute atomic E-state index is 0.128. The Balaban J connectivity index is 2.07. The number of anilines is 1. The van der Waals surface area contributed by atoms with E-state index in [1.165, 1.54) is 13.5 Å². The lowest BCUT2D eigenvalue weighted by atomic mass is 10.1. The topological polar surface area (TPSA) is 70.8 Å². The van der Waals surface area contributed by atoms with E-state index < -0.39 is 5.97 Å². The number of methoxy groups -OCH3 is 1. The highest BCUT2D eigenvalue weighted by molar-refractivity contribution is 5.96. The molecular formula is C15H21NO4. The van der Waals surface area contributed by atoms with Gasteiger partial charge in [-0.05, 0) is 43.9 Å². The average molecular weight is 279 g/mol. The number of aryl methyl sites for hydroxylation is 1. The number of nitrogen functional groups attached to an aromatic ring is 1. The Morgan fingerprint density at radius 1 is 1.45 bits per heavy atom. The van der Waals surface area contributed by atoms with Crippen LogP contribution in [0.5, 0.6) is 5.75 Å². The van der Waals surface area contributed by atoms with Crippen LogP contribution in [0.4, 0.5) is 5.69 Å². The molecule has 0 spiro atoms. The maximum absolute atomic E-state index is 11.7. The molecule has 0 amide bonds. The van der Waals surface area contributed by atoms with Crippen molar-refractivity contribution in [3.8, 4) is 5.75 Å². The van der Waals surface area contributed by atoms with Crippen molar-refractivity contribution in [3.63, 3.8) is 0 Å². The van der Waals surface area contributed by atoms with E-state index in [1.54, 1.807) is 6.07 Å². The van der Waals surface area contributed by atoms with Gasteiger partial charge in [0.05, 0.1) is 18.8 Å². The van der Waals surface area contributed by atoms with E-state index in [0.717, 1.165) is 25.0 Å².